The van der Waals surface area contributed by atoms with Gasteiger partial charge in [0.25, 0.3) is 0 Å². The number of benzene rings is 1. The van der Waals surface area contributed by atoms with Gasteiger partial charge >= 0.3 is 6.18 Å². The molecule has 0 bridgehead atoms. The lowest BCUT2D eigenvalue weighted by Gasteiger charge is -2.30. The van der Waals surface area contributed by atoms with Crippen molar-refractivity contribution in [2.75, 3.05) is 19.5 Å². The molecule has 0 radical (unpaired) electrons. The minimum Gasteiger partial charge on any atom is -0.495 e. The summed E-state index contributed by atoms with van der Waals surface area (Å²) in [7, 11) is 3.06. The molecule has 2 fully saturated rings. The van der Waals surface area contributed by atoms with E-state index >= 15 is 0 Å². The Hall–Kier alpha value is -2.45. The second kappa shape index (κ2) is 8.51. The molecule has 1 aromatic rings. The number of likely N-dealkylation sites (tertiary alicyclic amines) is 1. The van der Waals surface area contributed by atoms with Crippen LogP contribution in [0.1, 0.15) is 38.5 Å². The van der Waals surface area contributed by atoms with Crippen LogP contribution in [0, 0.1) is 5.92 Å². The van der Waals surface area contributed by atoms with E-state index in [1.54, 1.807) is 25.2 Å². The molecule has 1 saturated heterocycles. The van der Waals surface area contributed by atoms with E-state index in [0.29, 0.717) is 42.9 Å². The summed E-state index contributed by atoms with van der Waals surface area (Å²) in [6.07, 6.45) is -2.93. The highest BCUT2D eigenvalue weighted by atomic mass is 19.4. The van der Waals surface area contributed by atoms with Crippen molar-refractivity contribution in [2.45, 2.75) is 56.8 Å². The third kappa shape index (κ3) is 4.94. The normalized spacial score (nSPS) is 25.1. The van der Waals surface area contributed by atoms with E-state index in [0.717, 1.165) is 0 Å². The predicted molar refractivity (Wildman–Crippen MR) is 99.8 cm³/mol. The highest BCUT2D eigenvalue weighted by Crippen LogP contribution is 2.39. The first-order chi connectivity index (χ1) is 13.7. The molecule has 1 aliphatic carbocycles. The zero-order valence-electron chi connectivity index (χ0n) is 16.4. The summed E-state index contributed by atoms with van der Waals surface area (Å²) in [6.45, 7) is 0. The van der Waals surface area contributed by atoms with E-state index in [1.165, 1.54) is 12.0 Å². The first kappa shape index (κ1) is 21.3. The third-order valence-corrected chi connectivity index (χ3v) is 5.66. The summed E-state index contributed by atoms with van der Waals surface area (Å²) < 4.78 is 49.6. The SMILES string of the molecule is COc1ccc(O[C@H]2CC[C@@H](C(F)(F)F)CC2)cc1NC(=O)[C@@H]1CCC(=O)N1C. The zero-order chi connectivity index (χ0) is 21.2. The first-order valence-corrected chi connectivity index (χ1v) is 9.67. The number of hydrogen-bond acceptors (Lipinski definition) is 4. The number of ether oxygens (including phenoxy) is 2. The van der Waals surface area contributed by atoms with Gasteiger partial charge in [-0.25, -0.2) is 0 Å². The Kier molecular flexibility index (Phi) is 6.24. The molecule has 1 saturated carbocycles. The van der Waals surface area contributed by atoms with Crippen LogP contribution in [-0.2, 0) is 9.59 Å². The molecular weight excluding hydrogens is 389 g/mol. The molecule has 3 rings (SSSR count). The Balaban J connectivity index is 1.65. The van der Waals surface area contributed by atoms with Gasteiger partial charge in [0.05, 0.1) is 24.8 Å². The summed E-state index contributed by atoms with van der Waals surface area (Å²) in [5.74, 6) is -0.784. The van der Waals surface area contributed by atoms with Crippen LogP contribution in [0.15, 0.2) is 18.2 Å². The molecule has 6 nitrogen and oxygen atoms in total. The van der Waals surface area contributed by atoms with Crippen molar-refractivity contribution >= 4 is 17.5 Å². The van der Waals surface area contributed by atoms with Gasteiger partial charge in [-0.05, 0) is 44.2 Å². The fourth-order valence-electron chi connectivity index (χ4n) is 3.89. The van der Waals surface area contributed by atoms with Gasteiger partial charge < -0.3 is 19.7 Å². The van der Waals surface area contributed by atoms with Crippen LogP contribution < -0.4 is 14.8 Å². The highest BCUT2D eigenvalue weighted by molar-refractivity contribution is 5.99. The molecule has 1 heterocycles. The van der Waals surface area contributed by atoms with Gasteiger partial charge in [-0.15, -0.1) is 0 Å². The van der Waals surface area contributed by atoms with Gasteiger partial charge in [0.15, 0.2) is 0 Å². The molecule has 1 atom stereocenters. The van der Waals surface area contributed by atoms with Crippen molar-refractivity contribution in [3.63, 3.8) is 0 Å². The molecule has 1 aromatic carbocycles. The molecule has 9 heteroatoms. The lowest BCUT2D eigenvalue weighted by atomic mass is 9.87. The molecule has 1 N–H and O–H groups in total. The number of nitrogens with zero attached hydrogens (tertiary/aromatic N) is 1. The molecule has 2 aliphatic rings. The third-order valence-electron chi connectivity index (χ3n) is 5.66. The maximum Gasteiger partial charge on any atom is 0.391 e. The monoisotopic (exact) mass is 414 g/mol. The van der Waals surface area contributed by atoms with Gasteiger partial charge in [-0.1, -0.05) is 0 Å². The van der Waals surface area contributed by atoms with Gasteiger partial charge in [-0.2, -0.15) is 13.2 Å². The van der Waals surface area contributed by atoms with Gasteiger partial charge in [-0.3, -0.25) is 9.59 Å². The zero-order valence-corrected chi connectivity index (χ0v) is 16.4. The Morgan fingerprint density at radius 2 is 1.86 bits per heavy atom. The Morgan fingerprint density at radius 3 is 2.41 bits per heavy atom. The number of carbonyl (C=O) groups is 2. The van der Waals surface area contributed by atoms with E-state index in [1.807, 2.05) is 0 Å². The van der Waals surface area contributed by atoms with Crippen molar-refractivity contribution in [3.05, 3.63) is 18.2 Å². The van der Waals surface area contributed by atoms with Gasteiger partial charge in [0, 0.05) is 19.5 Å². The lowest BCUT2D eigenvalue weighted by Crippen LogP contribution is -2.38. The van der Waals surface area contributed by atoms with Gasteiger partial charge in [0.1, 0.15) is 17.5 Å². The smallest absolute Gasteiger partial charge is 0.391 e. The predicted octanol–water partition coefficient (Wildman–Crippen LogP) is 3.75. The molecule has 2 amide bonds. The second-order valence-corrected chi connectivity index (χ2v) is 7.54. The number of carbonyl (C=O) groups excluding carboxylic acids is 2. The van der Waals surface area contributed by atoms with E-state index in [-0.39, 0.29) is 30.8 Å². The Labute approximate surface area is 167 Å². The summed E-state index contributed by atoms with van der Waals surface area (Å²) in [5.41, 5.74) is 0.395. The topological polar surface area (TPSA) is 67.9 Å². The minimum atomic E-state index is -4.16. The van der Waals surface area contributed by atoms with Crippen molar-refractivity contribution in [2.24, 2.45) is 5.92 Å². The maximum atomic E-state index is 12.8. The first-order valence-electron chi connectivity index (χ1n) is 9.67. The second-order valence-electron chi connectivity index (χ2n) is 7.54. The number of amides is 2. The van der Waals surface area contributed by atoms with Crippen LogP contribution in [0.4, 0.5) is 18.9 Å². The number of likely N-dealkylation sites (N-methyl/N-ethyl adjacent to an activating group) is 1. The fourth-order valence-corrected chi connectivity index (χ4v) is 3.89. The standard InChI is InChI=1S/C20H25F3N2O4/c1-25-16(8-10-18(25)26)19(27)24-15-11-14(7-9-17(15)28-2)29-13-5-3-12(4-6-13)20(21,22)23/h7,9,11-13,16H,3-6,8,10H2,1-2H3,(H,24,27)/t12-,13+,16-/m0/s1. The van der Waals surface area contributed by atoms with Crippen molar-refractivity contribution in [3.8, 4) is 11.5 Å². The van der Waals surface area contributed by atoms with Crippen LogP contribution >= 0.6 is 0 Å². The average molecular weight is 414 g/mol. The summed E-state index contributed by atoms with van der Waals surface area (Å²) in [5, 5.41) is 2.77. The summed E-state index contributed by atoms with van der Waals surface area (Å²) in [6, 6.07) is 4.35. The molecule has 160 valence electrons. The summed E-state index contributed by atoms with van der Waals surface area (Å²) >= 11 is 0. The average Bonchev–Trinajstić information content (AvgIpc) is 3.00. The van der Waals surface area contributed by atoms with Crippen LogP contribution in [-0.4, -0.2) is 49.2 Å². The Bertz CT molecular complexity index is 761. The molecule has 0 spiro atoms. The maximum absolute atomic E-state index is 12.8. The van der Waals surface area contributed by atoms with Crippen LogP contribution in [0.3, 0.4) is 0 Å². The van der Waals surface area contributed by atoms with Crippen molar-refractivity contribution in [1.29, 1.82) is 0 Å². The number of alkyl halides is 3. The minimum absolute atomic E-state index is 0.0515. The van der Waals surface area contributed by atoms with E-state index in [2.05, 4.69) is 5.32 Å². The van der Waals surface area contributed by atoms with E-state index in [9.17, 15) is 22.8 Å². The number of nitrogens with one attached hydrogen (secondary N) is 1. The fraction of sp³-hybridized carbons (Fsp3) is 0.600. The molecule has 29 heavy (non-hydrogen) atoms. The largest absolute Gasteiger partial charge is 0.495 e. The summed E-state index contributed by atoms with van der Waals surface area (Å²) in [4.78, 5) is 25.6. The number of rotatable bonds is 5. The van der Waals surface area contributed by atoms with Crippen LogP contribution in [0.5, 0.6) is 11.5 Å². The van der Waals surface area contributed by atoms with E-state index < -0.39 is 18.1 Å². The van der Waals surface area contributed by atoms with E-state index in [4.69, 9.17) is 9.47 Å². The Morgan fingerprint density at radius 1 is 1.17 bits per heavy atom. The molecule has 1 aliphatic heterocycles. The quantitative estimate of drug-likeness (QED) is 0.797. The van der Waals surface area contributed by atoms with Crippen LogP contribution in [0.25, 0.3) is 0 Å². The molecular formula is C20H25F3N2O4. The lowest BCUT2D eigenvalue weighted by molar-refractivity contribution is -0.185. The number of hydrogen-bond donors (Lipinski definition) is 1. The van der Waals surface area contributed by atoms with Crippen molar-refractivity contribution in [1.82, 2.24) is 4.90 Å². The van der Waals surface area contributed by atoms with Gasteiger partial charge in [0.2, 0.25) is 11.8 Å². The van der Waals surface area contributed by atoms with Crippen molar-refractivity contribution < 1.29 is 32.2 Å². The highest BCUT2D eigenvalue weighted by Gasteiger charge is 2.41. The van der Waals surface area contributed by atoms with Crippen LogP contribution in [0.2, 0.25) is 0 Å². The number of halogens is 3. The molecule has 0 aromatic heterocycles. The number of methoxy groups -OCH3 is 1. The number of anilines is 1. The molecule has 0 unspecified atom stereocenters.